The standard InChI is InChI=1S/C14H23N5O2/c1-6-8(2)7-9(3)15-13-16-10-11(17-13)18(4)14(21)19(5)12(10)20/h8-9H,6-7H2,1-5H3,(H2,15,16,17). The molecule has 0 radical (unpaired) electrons. The average molecular weight is 293 g/mol. The summed E-state index contributed by atoms with van der Waals surface area (Å²) in [5, 5.41) is 3.26. The van der Waals surface area contributed by atoms with Crippen molar-refractivity contribution in [3.05, 3.63) is 20.8 Å². The highest BCUT2D eigenvalue weighted by Crippen LogP contribution is 2.14. The molecule has 2 unspecified atom stereocenters. The fourth-order valence-electron chi connectivity index (χ4n) is 2.46. The maximum Gasteiger partial charge on any atom is 0.332 e. The van der Waals surface area contributed by atoms with Gasteiger partial charge in [-0.2, -0.15) is 4.98 Å². The molecule has 2 N–H and O–H groups in total. The highest BCUT2D eigenvalue weighted by molar-refractivity contribution is 5.72. The van der Waals surface area contributed by atoms with Crippen LogP contribution in [0.2, 0.25) is 0 Å². The van der Waals surface area contributed by atoms with Crippen LogP contribution in [0.15, 0.2) is 9.59 Å². The molecular formula is C14H23N5O2. The smallest absolute Gasteiger partial charge is 0.332 e. The van der Waals surface area contributed by atoms with Crippen molar-refractivity contribution in [3.63, 3.8) is 0 Å². The van der Waals surface area contributed by atoms with Gasteiger partial charge in [0.15, 0.2) is 11.2 Å². The number of hydrogen-bond acceptors (Lipinski definition) is 4. The van der Waals surface area contributed by atoms with Gasteiger partial charge in [0, 0.05) is 20.1 Å². The quantitative estimate of drug-likeness (QED) is 0.867. The Hall–Kier alpha value is -2.05. The molecule has 2 heterocycles. The molecule has 2 aromatic rings. The molecule has 0 amide bonds. The molecule has 2 atom stereocenters. The van der Waals surface area contributed by atoms with Crippen LogP contribution < -0.4 is 16.6 Å². The van der Waals surface area contributed by atoms with Crippen molar-refractivity contribution in [1.29, 1.82) is 0 Å². The molecule has 0 aliphatic carbocycles. The van der Waals surface area contributed by atoms with Gasteiger partial charge in [-0.1, -0.05) is 20.3 Å². The minimum absolute atomic E-state index is 0.237. The molecule has 0 bridgehead atoms. The number of anilines is 1. The highest BCUT2D eigenvalue weighted by Gasteiger charge is 2.15. The van der Waals surface area contributed by atoms with Crippen molar-refractivity contribution in [2.45, 2.75) is 39.7 Å². The van der Waals surface area contributed by atoms with Crippen LogP contribution in [0.25, 0.3) is 11.2 Å². The summed E-state index contributed by atoms with van der Waals surface area (Å²) in [6.45, 7) is 6.45. The van der Waals surface area contributed by atoms with E-state index in [9.17, 15) is 9.59 Å². The molecular weight excluding hydrogens is 270 g/mol. The van der Waals surface area contributed by atoms with Gasteiger partial charge in [-0.05, 0) is 19.3 Å². The van der Waals surface area contributed by atoms with E-state index >= 15 is 0 Å². The van der Waals surface area contributed by atoms with Crippen molar-refractivity contribution in [1.82, 2.24) is 19.1 Å². The fourth-order valence-corrected chi connectivity index (χ4v) is 2.46. The van der Waals surface area contributed by atoms with E-state index in [2.05, 4.69) is 36.1 Å². The predicted molar refractivity (Wildman–Crippen MR) is 83.7 cm³/mol. The van der Waals surface area contributed by atoms with Gasteiger partial charge in [0.05, 0.1) is 0 Å². The molecule has 0 saturated heterocycles. The van der Waals surface area contributed by atoms with Crippen molar-refractivity contribution in [2.24, 2.45) is 20.0 Å². The van der Waals surface area contributed by atoms with Crippen LogP contribution in [0.4, 0.5) is 5.95 Å². The van der Waals surface area contributed by atoms with Gasteiger partial charge in [0.1, 0.15) is 0 Å². The molecule has 0 aliphatic rings. The number of nitrogens with zero attached hydrogens (tertiary/aromatic N) is 3. The lowest BCUT2D eigenvalue weighted by Crippen LogP contribution is -2.36. The number of imidazole rings is 1. The van der Waals surface area contributed by atoms with Gasteiger partial charge in [-0.25, -0.2) is 4.79 Å². The second-order valence-corrected chi connectivity index (χ2v) is 5.78. The topological polar surface area (TPSA) is 84.7 Å². The third kappa shape index (κ3) is 2.86. The summed E-state index contributed by atoms with van der Waals surface area (Å²) in [5.74, 6) is 1.15. The number of hydrogen-bond donors (Lipinski definition) is 2. The van der Waals surface area contributed by atoms with Crippen LogP contribution in [0.1, 0.15) is 33.6 Å². The second kappa shape index (κ2) is 5.75. The Morgan fingerprint density at radius 2 is 1.90 bits per heavy atom. The average Bonchev–Trinajstić information content (AvgIpc) is 2.86. The second-order valence-electron chi connectivity index (χ2n) is 5.78. The summed E-state index contributed by atoms with van der Waals surface area (Å²) in [5.41, 5.74) is -0.0133. The van der Waals surface area contributed by atoms with Crippen molar-refractivity contribution in [3.8, 4) is 0 Å². The first-order chi connectivity index (χ1) is 9.85. The van der Waals surface area contributed by atoms with E-state index in [0.29, 0.717) is 23.0 Å². The van der Waals surface area contributed by atoms with E-state index in [1.54, 1.807) is 7.05 Å². The molecule has 7 heteroatoms. The lowest BCUT2D eigenvalue weighted by molar-refractivity contribution is 0.483. The Bertz CT molecular complexity index is 755. The van der Waals surface area contributed by atoms with Gasteiger partial charge in [-0.15, -0.1) is 0 Å². The minimum atomic E-state index is -0.377. The first kappa shape index (κ1) is 15.3. The van der Waals surface area contributed by atoms with Crippen LogP contribution in [-0.2, 0) is 14.1 Å². The maximum atomic E-state index is 12.1. The maximum absolute atomic E-state index is 12.1. The molecule has 2 aromatic heterocycles. The molecule has 7 nitrogen and oxygen atoms in total. The Labute approximate surface area is 123 Å². The molecule has 0 saturated carbocycles. The van der Waals surface area contributed by atoms with E-state index in [4.69, 9.17) is 0 Å². The van der Waals surface area contributed by atoms with E-state index in [-0.39, 0.29) is 17.3 Å². The number of aryl methyl sites for hydroxylation is 1. The molecule has 21 heavy (non-hydrogen) atoms. The van der Waals surface area contributed by atoms with Crippen LogP contribution in [0.3, 0.4) is 0 Å². The summed E-state index contributed by atoms with van der Waals surface area (Å²) in [7, 11) is 3.07. The molecule has 0 aliphatic heterocycles. The zero-order valence-electron chi connectivity index (χ0n) is 13.2. The Kier molecular flexibility index (Phi) is 4.20. The van der Waals surface area contributed by atoms with E-state index in [1.807, 2.05) is 0 Å². The molecule has 2 rings (SSSR count). The summed E-state index contributed by atoms with van der Waals surface area (Å²) >= 11 is 0. The first-order valence-electron chi connectivity index (χ1n) is 7.27. The predicted octanol–water partition coefficient (Wildman–Crippen LogP) is 1.20. The van der Waals surface area contributed by atoms with Crippen LogP contribution in [-0.4, -0.2) is 25.1 Å². The largest absolute Gasteiger partial charge is 0.353 e. The minimum Gasteiger partial charge on any atom is -0.353 e. The Morgan fingerprint density at radius 1 is 1.24 bits per heavy atom. The van der Waals surface area contributed by atoms with E-state index in [0.717, 1.165) is 17.4 Å². The Balaban J connectivity index is 2.36. The van der Waals surface area contributed by atoms with E-state index < -0.39 is 0 Å². The van der Waals surface area contributed by atoms with Crippen molar-refractivity contribution < 1.29 is 0 Å². The Morgan fingerprint density at radius 3 is 2.52 bits per heavy atom. The number of fused-ring (bicyclic) bond motifs is 1. The number of rotatable bonds is 5. The SMILES string of the molecule is CCC(C)CC(C)Nc1nc2c([nH]1)c(=O)n(C)c(=O)n2C. The van der Waals surface area contributed by atoms with Gasteiger partial charge >= 0.3 is 5.69 Å². The highest BCUT2D eigenvalue weighted by atomic mass is 16.2. The fraction of sp³-hybridized carbons (Fsp3) is 0.643. The third-order valence-corrected chi connectivity index (χ3v) is 3.93. The van der Waals surface area contributed by atoms with Crippen LogP contribution >= 0.6 is 0 Å². The molecule has 0 aromatic carbocycles. The van der Waals surface area contributed by atoms with Crippen LogP contribution in [0.5, 0.6) is 0 Å². The summed E-state index contributed by atoms with van der Waals surface area (Å²) in [4.78, 5) is 31.3. The van der Waals surface area contributed by atoms with E-state index in [1.165, 1.54) is 11.6 Å². The van der Waals surface area contributed by atoms with Crippen LogP contribution in [0, 0.1) is 5.92 Å². The molecule has 0 fully saturated rings. The van der Waals surface area contributed by atoms with Gasteiger partial charge in [-0.3, -0.25) is 13.9 Å². The number of aromatic amines is 1. The number of nitrogens with one attached hydrogen (secondary N) is 2. The van der Waals surface area contributed by atoms with Gasteiger partial charge < -0.3 is 10.3 Å². The zero-order valence-corrected chi connectivity index (χ0v) is 13.2. The molecule has 0 spiro atoms. The van der Waals surface area contributed by atoms with Crippen molar-refractivity contribution in [2.75, 3.05) is 5.32 Å². The number of H-pyrrole nitrogens is 1. The summed E-state index contributed by atoms with van der Waals surface area (Å²) < 4.78 is 2.45. The van der Waals surface area contributed by atoms with Crippen molar-refractivity contribution >= 4 is 17.1 Å². The van der Waals surface area contributed by atoms with Gasteiger partial charge in [0.2, 0.25) is 5.95 Å². The lowest BCUT2D eigenvalue weighted by Gasteiger charge is -2.16. The monoisotopic (exact) mass is 293 g/mol. The first-order valence-corrected chi connectivity index (χ1v) is 7.27. The normalized spacial score (nSPS) is 14.3. The molecule has 116 valence electrons. The third-order valence-electron chi connectivity index (χ3n) is 3.93. The number of aromatic nitrogens is 4. The summed E-state index contributed by atoms with van der Waals surface area (Å²) in [6.07, 6.45) is 2.14. The summed E-state index contributed by atoms with van der Waals surface area (Å²) in [6, 6.07) is 0.237. The van der Waals surface area contributed by atoms with Gasteiger partial charge in [0.25, 0.3) is 5.56 Å². The zero-order chi connectivity index (χ0) is 15.7. The lowest BCUT2D eigenvalue weighted by atomic mass is 10.0.